The molecule has 23 heavy (non-hydrogen) atoms. The maximum atomic E-state index is 5.84. The van der Waals surface area contributed by atoms with Crippen LogP contribution in [0.15, 0.2) is 35.3 Å². The van der Waals surface area contributed by atoms with Crippen LogP contribution in [0.25, 0.3) is 0 Å². The highest BCUT2D eigenvalue weighted by Gasteiger charge is 2.08. The largest absolute Gasteiger partial charge is 0.379 e. The van der Waals surface area contributed by atoms with Crippen molar-refractivity contribution in [3.63, 3.8) is 0 Å². The lowest BCUT2D eigenvalue weighted by Crippen LogP contribution is -2.37. The molecule has 2 rings (SSSR count). The molecule has 1 heterocycles. The quantitative estimate of drug-likeness (QED) is 0.401. The van der Waals surface area contributed by atoms with Gasteiger partial charge in [-0.05, 0) is 12.0 Å². The number of morpholine rings is 1. The van der Waals surface area contributed by atoms with Crippen molar-refractivity contribution >= 4 is 5.96 Å². The molecule has 1 aromatic rings. The number of benzene rings is 1. The third kappa shape index (κ3) is 7.97. The zero-order chi connectivity index (χ0) is 16.2. The van der Waals surface area contributed by atoms with Crippen LogP contribution in [0.4, 0.5) is 0 Å². The van der Waals surface area contributed by atoms with E-state index in [1.807, 2.05) is 18.2 Å². The van der Waals surface area contributed by atoms with Gasteiger partial charge in [0.05, 0.1) is 26.4 Å². The summed E-state index contributed by atoms with van der Waals surface area (Å²) in [7, 11) is 0. The van der Waals surface area contributed by atoms with E-state index in [0.29, 0.717) is 25.7 Å². The number of ether oxygens (including phenoxy) is 2. The molecule has 0 amide bonds. The zero-order valence-corrected chi connectivity index (χ0v) is 13.7. The van der Waals surface area contributed by atoms with E-state index in [9.17, 15) is 0 Å². The molecule has 0 bridgehead atoms. The van der Waals surface area contributed by atoms with Crippen LogP contribution in [0.2, 0.25) is 0 Å². The summed E-state index contributed by atoms with van der Waals surface area (Å²) >= 11 is 0. The van der Waals surface area contributed by atoms with Gasteiger partial charge in [-0.3, -0.25) is 9.89 Å². The first-order valence-electron chi connectivity index (χ1n) is 8.30. The van der Waals surface area contributed by atoms with Crippen LogP contribution in [0, 0.1) is 0 Å². The molecule has 1 fully saturated rings. The molecule has 128 valence electrons. The number of rotatable bonds is 9. The Kier molecular flexibility index (Phi) is 8.47. The van der Waals surface area contributed by atoms with Gasteiger partial charge in [-0.15, -0.1) is 0 Å². The van der Waals surface area contributed by atoms with E-state index in [4.69, 9.17) is 15.2 Å². The Morgan fingerprint density at radius 1 is 1.26 bits per heavy atom. The van der Waals surface area contributed by atoms with E-state index < -0.39 is 0 Å². The van der Waals surface area contributed by atoms with Crippen molar-refractivity contribution in [3.8, 4) is 0 Å². The van der Waals surface area contributed by atoms with Crippen molar-refractivity contribution in [2.75, 3.05) is 52.5 Å². The zero-order valence-electron chi connectivity index (χ0n) is 13.7. The van der Waals surface area contributed by atoms with Crippen LogP contribution < -0.4 is 11.1 Å². The maximum Gasteiger partial charge on any atom is 0.188 e. The van der Waals surface area contributed by atoms with E-state index in [1.165, 1.54) is 5.56 Å². The normalized spacial score (nSPS) is 16.4. The number of nitrogens with two attached hydrogens (primary N) is 1. The minimum atomic E-state index is 0.496. The van der Waals surface area contributed by atoms with Gasteiger partial charge in [0.2, 0.25) is 0 Å². The van der Waals surface area contributed by atoms with Gasteiger partial charge in [0.25, 0.3) is 0 Å². The summed E-state index contributed by atoms with van der Waals surface area (Å²) in [5, 5.41) is 3.08. The molecule has 1 aliphatic rings. The van der Waals surface area contributed by atoms with Gasteiger partial charge in [0, 0.05) is 32.7 Å². The molecule has 1 aromatic carbocycles. The Morgan fingerprint density at radius 2 is 2.04 bits per heavy atom. The minimum absolute atomic E-state index is 0.496. The molecule has 1 saturated heterocycles. The third-order valence-electron chi connectivity index (χ3n) is 3.68. The molecule has 0 radical (unpaired) electrons. The van der Waals surface area contributed by atoms with Gasteiger partial charge >= 0.3 is 0 Å². The molecule has 0 atom stereocenters. The van der Waals surface area contributed by atoms with Gasteiger partial charge in [0.15, 0.2) is 5.96 Å². The van der Waals surface area contributed by atoms with Crippen LogP contribution in [-0.4, -0.2) is 63.4 Å². The summed E-state index contributed by atoms with van der Waals surface area (Å²) in [4.78, 5) is 6.74. The fourth-order valence-electron chi connectivity index (χ4n) is 2.39. The molecule has 0 aliphatic carbocycles. The molecular formula is C17H28N4O2. The second-order valence-corrected chi connectivity index (χ2v) is 5.54. The van der Waals surface area contributed by atoms with E-state index >= 15 is 0 Å². The molecule has 0 aromatic heterocycles. The molecule has 1 aliphatic heterocycles. The SMILES string of the molecule is NC(=NCCCN1CCOCC1)NCCOCc1ccccc1. The fraction of sp³-hybridized carbons (Fsp3) is 0.588. The average molecular weight is 320 g/mol. The first kappa shape index (κ1) is 17.7. The predicted octanol–water partition coefficient (Wildman–Crippen LogP) is 0.830. The second-order valence-electron chi connectivity index (χ2n) is 5.54. The van der Waals surface area contributed by atoms with Crippen LogP contribution >= 0.6 is 0 Å². The average Bonchev–Trinajstić information content (AvgIpc) is 2.60. The summed E-state index contributed by atoms with van der Waals surface area (Å²) in [5.74, 6) is 0.496. The fourth-order valence-corrected chi connectivity index (χ4v) is 2.39. The van der Waals surface area contributed by atoms with Gasteiger partial charge < -0.3 is 20.5 Å². The second kappa shape index (κ2) is 11.0. The van der Waals surface area contributed by atoms with Crippen molar-refractivity contribution in [2.45, 2.75) is 13.0 Å². The van der Waals surface area contributed by atoms with Crippen LogP contribution in [0.5, 0.6) is 0 Å². The summed E-state index contributed by atoms with van der Waals surface area (Å²) in [6, 6.07) is 10.1. The van der Waals surface area contributed by atoms with E-state index in [1.54, 1.807) is 0 Å². The van der Waals surface area contributed by atoms with Crippen LogP contribution in [0.3, 0.4) is 0 Å². The van der Waals surface area contributed by atoms with Crippen LogP contribution in [0.1, 0.15) is 12.0 Å². The highest BCUT2D eigenvalue weighted by atomic mass is 16.5. The molecule has 6 heteroatoms. The predicted molar refractivity (Wildman–Crippen MR) is 92.5 cm³/mol. The molecular weight excluding hydrogens is 292 g/mol. The monoisotopic (exact) mass is 320 g/mol. The first-order valence-corrected chi connectivity index (χ1v) is 8.30. The first-order chi connectivity index (χ1) is 11.3. The Labute approximate surface area is 138 Å². The summed E-state index contributed by atoms with van der Waals surface area (Å²) in [6.07, 6.45) is 1.02. The van der Waals surface area contributed by atoms with E-state index in [-0.39, 0.29) is 0 Å². The number of hydrogen-bond acceptors (Lipinski definition) is 4. The Bertz CT molecular complexity index is 447. The van der Waals surface area contributed by atoms with Crippen molar-refractivity contribution in [1.82, 2.24) is 10.2 Å². The van der Waals surface area contributed by atoms with Gasteiger partial charge in [0.1, 0.15) is 0 Å². The highest BCUT2D eigenvalue weighted by molar-refractivity contribution is 5.77. The minimum Gasteiger partial charge on any atom is -0.379 e. The van der Waals surface area contributed by atoms with Crippen molar-refractivity contribution < 1.29 is 9.47 Å². The van der Waals surface area contributed by atoms with Crippen molar-refractivity contribution in [2.24, 2.45) is 10.7 Å². The summed E-state index contributed by atoms with van der Waals surface area (Å²) < 4.78 is 10.9. The van der Waals surface area contributed by atoms with E-state index in [2.05, 4.69) is 27.3 Å². The Morgan fingerprint density at radius 3 is 2.83 bits per heavy atom. The number of guanidine groups is 1. The van der Waals surface area contributed by atoms with Crippen molar-refractivity contribution in [1.29, 1.82) is 0 Å². The highest BCUT2D eigenvalue weighted by Crippen LogP contribution is 2.00. The van der Waals surface area contributed by atoms with Gasteiger partial charge in [-0.1, -0.05) is 30.3 Å². The van der Waals surface area contributed by atoms with Gasteiger partial charge in [-0.25, -0.2) is 0 Å². The lowest BCUT2D eigenvalue weighted by atomic mass is 10.2. The molecule has 3 N–H and O–H groups in total. The third-order valence-corrected chi connectivity index (χ3v) is 3.68. The van der Waals surface area contributed by atoms with E-state index in [0.717, 1.165) is 45.8 Å². The number of hydrogen-bond donors (Lipinski definition) is 2. The molecule has 0 unspecified atom stereocenters. The molecule has 0 saturated carbocycles. The van der Waals surface area contributed by atoms with Crippen LogP contribution in [-0.2, 0) is 16.1 Å². The maximum absolute atomic E-state index is 5.84. The molecule has 0 spiro atoms. The number of nitrogens with one attached hydrogen (secondary N) is 1. The Hall–Kier alpha value is -1.63. The lowest BCUT2D eigenvalue weighted by Gasteiger charge is -2.26. The summed E-state index contributed by atoms with van der Waals surface area (Å²) in [5.41, 5.74) is 7.01. The standard InChI is InChI=1S/C17H28N4O2/c18-17(19-7-4-9-21-10-13-22-14-11-21)20-8-12-23-15-16-5-2-1-3-6-16/h1-3,5-6H,4,7-15H2,(H3,18,19,20). The topological polar surface area (TPSA) is 72.1 Å². The Balaban J connectivity index is 1.46. The smallest absolute Gasteiger partial charge is 0.188 e. The molecule has 6 nitrogen and oxygen atoms in total. The number of nitrogens with zero attached hydrogens (tertiary/aromatic N) is 2. The lowest BCUT2D eigenvalue weighted by molar-refractivity contribution is 0.0377. The van der Waals surface area contributed by atoms with Gasteiger partial charge in [-0.2, -0.15) is 0 Å². The summed E-state index contributed by atoms with van der Waals surface area (Å²) in [6.45, 7) is 7.45. The van der Waals surface area contributed by atoms with Crippen molar-refractivity contribution in [3.05, 3.63) is 35.9 Å². The number of aliphatic imine (C=N–C) groups is 1.